The van der Waals surface area contributed by atoms with E-state index in [1.165, 1.54) is 33.4 Å². The first-order chi connectivity index (χ1) is 30.4. The van der Waals surface area contributed by atoms with Gasteiger partial charge in [-0.2, -0.15) is 0 Å². The molecule has 2 aliphatic rings. The molecule has 8 bridgehead atoms. The van der Waals surface area contributed by atoms with Crippen LogP contribution in [0.1, 0.15) is 181 Å². The lowest BCUT2D eigenvalue weighted by molar-refractivity contribution is 0.568. The van der Waals surface area contributed by atoms with Gasteiger partial charge in [0, 0.05) is 38.8 Å². The maximum atomic E-state index is 5.71. The van der Waals surface area contributed by atoms with Crippen molar-refractivity contribution < 1.29 is 0 Å². The Kier molecular flexibility index (Phi) is 11.3. The van der Waals surface area contributed by atoms with E-state index in [4.69, 9.17) is 9.97 Å². The van der Waals surface area contributed by atoms with Crippen molar-refractivity contribution in [2.75, 3.05) is 0 Å². The van der Waals surface area contributed by atoms with Crippen molar-refractivity contribution in [1.82, 2.24) is 19.9 Å². The minimum Gasteiger partial charge on any atom is -0.355 e. The maximum Gasteiger partial charge on any atom is 0.0737 e. The monoisotopic (exact) mass is 875 g/mol. The quantitative estimate of drug-likeness (QED) is 0.186. The second kappa shape index (κ2) is 16.0. The SMILES string of the molecule is CC(C)(C)c1cc(-c2c3nc(c(-c4cc(C(C)(C)C)cc(C(C)(C)C)c4)c4ccc([nH]4)c(-c4cc(C(C)(C)C)cc(C(C)(C)C)c4)c4nc(cc5ccc2[nH]5)C=C4)C=C3)cc(C(C)(C)C)c1. The molecule has 2 N–H and O–H groups in total. The number of hydrogen-bond acceptors (Lipinski definition) is 2. The Morgan fingerprint density at radius 2 is 0.591 bits per heavy atom. The van der Waals surface area contributed by atoms with E-state index in [-0.39, 0.29) is 32.5 Å². The van der Waals surface area contributed by atoms with Gasteiger partial charge in [0.1, 0.15) is 0 Å². The first-order valence-corrected chi connectivity index (χ1v) is 24.1. The van der Waals surface area contributed by atoms with E-state index < -0.39 is 0 Å². The molecule has 0 fully saturated rings. The molecule has 2 aliphatic heterocycles. The van der Waals surface area contributed by atoms with Crippen molar-refractivity contribution in [2.45, 2.75) is 157 Å². The minimum atomic E-state index is -0.0720. The summed E-state index contributed by atoms with van der Waals surface area (Å²) < 4.78 is 0. The van der Waals surface area contributed by atoms with Crippen molar-refractivity contribution >= 4 is 46.4 Å². The molecule has 0 saturated carbocycles. The molecule has 3 aromatic heterocycles. The van der Waals surface area contributed by atoms with Gasteiger partial charge < -0.3 is 9.97 Å². The average molecular weight is 875 g/mol. The third-order valence-electron chi connectivity index (χ3n) is 13.4. The first-order valence-electron chi connectivity index (χ1n) is 24.1. The average Bonchev–Trinajstić information content (AvgIpc) is 4.03. The number of rotatable bonds is 3. The number of H-pyrrole nitrogens is 2. The molecule has 0 unspecified atom stereocenters. The summed E-state index contributed by atoms with van der Waals surface area (Å²) in [6.07, 6.45) is 8.79. The molecule has 8 rings (SSSR count). The van der Waals surface area contributed by atoms with Crippen LogP contribution in [0.5, 0.6) is 0 Å². The van der Waals surface area contributed by atoms with Crippen LogP contribution in [0.15, 0.2) is 84.9 Å². The van der Waals surface area contributed by atoms with Crippen LogP contribution in [-0.2, 0) is 32.5 Å². The highest BCUT2D eigenvalue weighted by molar-refractivity contribution is 5.98. The lowest BCUT2D eigenvalue weighted by Gasteiger charge is -2.26. The third-order valence-corrected chi connectivity index (χ3v) is 13.4. The van der Waals surface area contributed by atoms with Crippen molar-refractivity contribution in [1.29, 1.82) is 0 Å². The lowest BCUT2D eigenvalue weighted by atomic mass is 9.78. The zero-order valence-corrected chi connectivity index (χ0v) is 43.3. The summed E-state index contributed by atoms with van der Waals surface area (Å²) >= 11 is 0. The summed E-state index contributed by atoms with van der Waals surface area (Å²) in [5.74, 6) is 0. The second-order valence-electron chi connectivity index (χ2n) is 25.3. The van der Waals surface area contributed by atoms with Crippen LogP contribution in [0, 0.1) is 0 Å². The Morgan fingerprint density at radius 3 is 0.924 bits per heavy atom. The van der Waals surface area contributed by atoms with E-state index in [9.17, 15) is 0 Å². The van der Waals surface area contributed by atoms with Gasteiger partial charge in [-0.3, -0.25) is 0 Å². The standard InChI is InChI=1S/C62H74N4/c1-57(2,3)40-27-37(28-41(33-40)58(4,5)6)54-48-21-19-46(63-48)36-47-20-22-49(64-47)55(38-29-42(59(7,8)9)34-43(30-38)60(10,11)12)51-24-26-53(66-51)56(52-25-23-50(54)65-52)39-31-44(61(13,14)15)35-45(32-39)62(16,17)18/h19-36,63,66H,1-18H3. The molecule has 342 valence electrons. The fourth-order valence-corrected chi connectivity index (χ4v) is 8.96. The van der Waals surface area contributed by atoms with Crippen molar-refractivity contribution in [3.05, 3.63) is 141 Å². The maximum absolute atomic E-state index is 5.71. The molecule has 4 nitrogen and oxygen atoms in total. The topological polar surface area (TPSA) is 57.4 Å². The molecule has 4 heteroatoms. The Hall–Kier alpha value is -5.74. The summed E-state index contributed by atoms with van der Waals surface area (Å²) in [4.78, 5) is 19.0. The molecule has 0 saturated heterocycles. The van der Waals surface area contributed by atoms with E-state index >= 15 is 0 Å². The number of nitrogens with zero attached hydrogens (tertiary/aromatic N) is 2. The molecule has 0 atom stereocenters. The van der Waals surface area contributed by atoms with Crippen molar-refractivity contribution in [3.8, 4) is 33.4 Å². The lowest BCUT2D eigenvalue weighted by Crippen LogP contribution is -2.16. The van der Waals surface area contributed by atoms with E-state index in [1.807, 2.05) is 0 Å². The van der Waals surface area contributed by atoms with Crippen LogP contribution in [-0.4, -0.2) is 19.9 Å². The second-order valence-corrected chi connectivity index (χ2v) is 25.3. The van der Waals surface area contributed by atoms with E-state index in [0.29, 0.717) is 0 Å². The van der Waals surface area contributed by atoms with Crippen LogP contribution in [0.25, 0.3) is 79.8 Å². The highest BCUT2D eigenvalue weighted by Crippen LogP contribution is 2.42. The van der Waals surface area contributed by atoms with Gasteiger partial charge >= 0.3 is 0 Å². The predicted molar refractivity (Wildman–Crippen MR) is 287 cm³/mol. The van der Waals surface area contributed by atoms with Gasteiger partial charge in [0.2, 0.25) is 0 Å². The largest absolute Gasteiger partial charge is 0.355 e. The third kappa shape index (κ3) is 9.44. The van der Waals surface area contributed by atoms with Crippen molar-refractivity contribution in [3.63, 3.8) is 0 Å². The number of benzene rings is 3. The number of hydrogen-bond donors (Lipinski definition) is 2. The highest BCUT2D eigenvalue weighted by atomic mass is 14.8. The number of aromatic amines is 2. The van der Waals surface area contributed by atoms with Gasteiger partial charge in [-0.1, -0.05) is 179 Å². The summed E-state index contributed by atoms with van der Waals surface area (Å²) in [6, 6.07) is 32.6. The van der Waals surface area contributed by atoms with Gasteiger partial charge in [-0.25, -0.2) is 9.97 Å². The predicted octanol–water partition coefficient (Wildman–Crippen LogP) is 17.4. The van der Waals surface area contributed by atoms with Gasteiger partial charge in [0.25, 0.3) is 0 Å². The summed E-state index contributed by atoms with van der Waals surface area (Å²) in [5.41, 5.74) is 21.9. The van der Waals surface area contributed by atoms with Crippen molar-refractivity contribution in [2.24, 2.45) is 0 Å². The van der Waals surface area contributed by atoms with Gasteiger partial charge in [0.05, 0.1) is 22.8 Å². The fourth-order valence-electron chi connectivity index (χ4n) is 8.96. The smallest absolute Gasteiger partial charge is 0.0737 e. The Morgan fingerprint density at radius 1 is 0.303 bits per heavy atom. The zero-order valence-electron chi connectivity index (χ0n) is 43.3. The van der Waals surface area contributed by atoms with Crippen LogP contribution in [0.4, 0.5) is 0 Å². The van der Waals surface area contributed by atoms with Gasteiger partial charge in [-0.05, 0) is 137 Å². The molecule has 6 aromatic rings. The van der Waals surface area contributed by atoms with Crippen LogP contribution >= 0.6 is 0 Å². The van der Waals surface area contributed by atoms with E-state index in [1.54, 1.807) is 0 Å². The van der Waals surface area contributed by atoms with Crippen LogP contribution in [0.3, 0.4) is 0 Å². The molecule has 5 heterocycles. The van der Waals surface area contributed by atoms with E-state index in [2.05, 4.69) is 244 Å². The molecular weight excluding hydrogens is 801 g/mol. The Labute approximate surface area is 396 Å². The number of nitrogens with one attached hydrogen (secondary N) is 2. The molecule has 0 amide bonds. The summed E-state index contributed by atoms with van der Waals surface area (Å²) in [5, 5.41) is 0. The molecule has 66 heavy (non-hydrogen) atoms. The molecule has 0 radical (unpaired) electrons. The van der Waals surface area contributed by atoms with Crippen LogP contribution in [0.2, 0.25) is 0 Å². The van der Waals surface area contributed by atoms with E-state index in [0.717, 1.165) is 78.2 Å². The van der Waals surface area contributed by atoms with Crippen LogP contribution < -0.4 is 0 Å². The number of aromatic nitrogens is 4. The first kappa shape index (κ1) is 46.8. The summed E-state index contributed by atoms with van der Waals surface area (Å²) in [7, 11) is 0. The summed E-state index contributed by atoms with van der Waals surface area (Å²) in [6.45, 7) is 41.6. The zero-order chi connectivity index (χ0) is 48.1. The minimum absolute atomic E-state index is 0.0529. The molecule has 0 spiro atoms. The fraction of sp³-hybridized carbons (Fsp3) is 0.387. The highest BCUT2D eigenvalue weighted by Gasteiger charge is 2.27. The Balaban J connectivity index is 1.57. The molecular formula is C62H74N4. The number of fused-ring (bicyclic) bond motifs is 8. The Bertz CT molecular complexity index is 2940. The van der Waals surface area contributed by atoms with Gasteiger partial charge in [-0.15, -0.1) is 0 Å². The van der Waals surface area contributed by atoms with Gasteiger partial charge in [0.15, 0.2) is 0 Å². The normalized spacial score (nSPS) is 13.8. The molecule has 3 aromatic carbocycles. The molecule has 0 aliphatic carbocycles.